The Hall–Kier alpha value is -3.49. The summed E-state index contributed by atoms with van der Waals surface area (Å²) < 4.78 is 6.48. The van der Waals surface area contributed by atoms with E-state index in [0.29, 0.717) is 37.3 Å². The molecule has 2 amide bonds. The Morgan fingerprint density at radius 3 is 2.08 bits per heavy atom. The summed E-state index contributed by atoms with van der Waals surface area (Å²) in [7, 11) is 0. The van der Waals surface area contributed by atoms with Gasteiger partial charge < -0.3 is 14.2 Å². The highest BCUT2D eigenvalue weighted by atomic mass is 16.3. The molecule has 3 aromatic rings. The van der Waals surface area contributed by atoms with Gasteiger partial charge in [-0.05, 0) is 40.8 Å². The third kappa shape index (κ3) is 3.06. The van der Waals surface area contributed by atoms with Gasteiger partial charge in [-0.25, -0.2) is 4.68 Å². The number of piperazine rings is 1. The van der Waals surface area contributed by atoms with E-state index in [0.717, 1.165) is 5.69 Å². The quantitative estimate of drug-likeness (QED) is 0.693. The van der Waals surface area contributed by atoms with Crippen molar-refractivity contribution in [2.24, 2.45) is 0 Å². The topological polar surface area (TPSA) is 97.4 Å². The lowest BCUT2D eigenvalue weighted by Gasteiger charge is -2.34. The predicted molar refractivity (Wildman–Crippen MR) is 89.7 cm³/mol. The minimum Gasteiger partial charge on any atom is -0.472 e. The average molecular weight is 352 g/mol. The molecule has 0 atom stereocenters. The van der Waals surface area contributed by atoms with Crippen LogP contribution in [0.25, 0.3) is 5.69 Å². The first-order valence-corrected chi connectivity index (χ1v) is 8.16. The van der Waals surface area contributed by atoms with Crippen LogP contribution in [0.15, 0.2) is 53.6 Å². The number of rotatable bonds is 3. The van der Waals surface area contributed by atoms with E-state index in [1.54, 1.807) is 40.1 Å². The van der Waals surface area contributed by atoms with Crippen molar-refractivity contribution < 1.29 is 14.0 Å². The second-order valence-corrected chi connectivity index (χ2v) is 5.90. The van der Waals surface area contributed by atoms with Gasteiger partial charge in [0, 0.05) is 31.7 Å². The zero-order valence-electron chi connectivity index (χ0n) is 13.9. The van der Waals surface area contributed by atoms with Gasteiger partial charge in [0.15, 0.2) is 0 Å². The second kappa shape index (κ2) is 6.79. The normalized spacial score (nSPS) is 14.5. The standard InChI is InChI=1S/C17H16N6O3/c24-16(13-1-3-15(4-2-13)23-12-18-19-20-23)21-6-8-22(9-7-21)17(25)14-5-10-26-11-14/h1-5,10-12H,6-9H2. The molecule has 1 aromatic carbocycles. The fourth-order valence-electron chi connectivity index (χ4n) is 2.90. The van der Waals surface area contributed by atoms with E-state index < -0.39 is 0 Å². The summed E-state index contributed by atoms with van der Waals surface area (Å²) in [6.45, 7) is 1.99. The molecule has 0 saturated carbocycles. The van der Waals surface area contributed by atoms with E-state index >= 15 is 0 Å². The van der Waals surface area contributed by atoms with Crippen molar-refractivity contribution in [2.45, 2.75) is 0 Å². The van der Waals surface area contributed by atoms with Gasteiger partial charge in [-0.15, -0.1) is 5.10 Å². The summed E-state index contributed by atoms with van der Waals surface area (Å²) in [6.07, 6.45) is 4.41. The summed E-state index contributed by atoms with van der Waals surface area (Å²) in [5, 5.41) is 11.0. The van der Waals surface area contributed by atoms with Gasteiger partial charge in [0.1, 0.15) is 12.6 Å². The molecule has 2 aromatic heterocycles. The van der Waals surface area contributed by atoms with Crippen LogP contribution in [0.2, 0.25) is 0 Å². The average Bonchev–Trinajstić information content (AvgIpc) is 3.41. The maximum atomic E-state index is 12.7. The van der Waals surface area contributed by atoms with Crippen LogP contribution in [-0.4, -0.2) is 68.0 Å². The number of carbonyl (C=O) groups is 2. The minimum atomic E-state index is -0.0726. The maximum Gasteiger partial charge on any atom is 0.257 e. The first kappa shape index (κ1) is 16.0. The van der Waals surface area contributed by atoms with Gasteiger partial charge in [-0.3, -0.25) is 9.59 Å². The molecule has 0 unspecified atom stereocenters. The molecule has 0 N–H and O–H groups in total. The van der Waals surface area contributed by atoms with Gasteiger partial charge >= 0.3 is 0 Å². The molecule has 0 bridgehead atoms. The van der Waals surface area contributed by atoms with Crippen molar-refractivity contribution in [2.75, 3.05) is 26.2 Å². The molecule has 1 aliphatic heterocycles. The monoisotopic (exact) mass is 352 g/mol. The van der Waals surface area contributed by atoms with E-state index in [-0.39, 0.29) is 11.8 Å². The van der Waals surface area contributed by atoms with Crippen molar-refractivity contribution in [1.82, 2.24) is 30.0 Å². The van der Waals surface area contributed by atoms with Crippen LogP contribution < -0.4 is 0 Å². The molecular formula is C17H16N6O3. The largest absolute Gasteiger partial charge is 0.472 e. The predicted octanol–water partition coefficient (Wildman–Crippen LogP) is 0.853. The molecule has 4 rings (SSSR count). The van der Waals surface area contributed by atoms with Gasteiger partial charge in [-0.1, -0.05) is 0 Å². The number of benzene rings is 1. The van der Waals surface area contributed by atoms with Gasteiger partial charge in [0.05, 0.1) is 17.5 Å². The summed E-state index contributed by atoms with van der Waals surface area (Å²) in [5.74, 6) is -0.125. The lowest BCUT2D eigenvalue weighted by molar-refractivity contribution is 0.0535. The number of carbonyl (C=O) groups excluding carboxylic acids is 2. The van der Waals surface area contributed by atoms with E-state index in [1.807, 2.05) is 0 Å². The van der Waals surface area contributed by atoms with Crippen molar-refractivity contribution in [3.05, 3.63) is 60.3 Å². The van der Waals surface area contributed by atoms with Gasteiger partial charge in [-0.2, -0.15) is 0 Å². The number of furan rings is 1. The van der Waals surface area contributed by atoms with Crippen LogP contribution in [0.4, 0.5) is 0 Å². The van der Waals surface area contributed by atoms with Crippen LogP contribution >= 0.6 is 0 Å². The smallest absolute Gasteiger partial charge is 0.257 e. The number of amides is 2. The van der Waals surface area contributed by atoms with Crippen LogP contribution in [0.1, 0.15) is 20.7 Å². The van der Waals surface area contributed by atoms with E-state index in [1.165, 1.54) is 23.5 Å². The Kier molecular flexibility index (Phi) is 4.18. The maximum absolute atomic E-state index is 12.7. The summed E-state index contributed by atoms with van der Waals surface area (Å²) in [6, 6.07) is 8.74. The SMILES string of the molecule is O=C(c1ccc(-n2cnnn2)cc1)N1CCN(C(=O)c2ccoc2)CC1. The Bertz CT molecular complexity index is 881. The highest BCUT2D eigenvalue weighted by Gasteiger charge is 2.25. The van der Waals surface area contributed by atoms with Crippen molar-refractivity contribution in [3.8, 4) is 5.69 Å². The molecule has 0 aliphatic carbocycles. The third-order valence-corrected chi connectivity index (χ3v) is 4.35. The molecule has 0 spiro atoms. The van der Waals surface area contributed by atoms with Crippen LogP contribution in [0.3, 0.4) is 0 Å². The molecule has 3 heterocycles. The van der Waals surface area contributed by atoms with E-state index in [9.17, 15) is 9.59 Å². The zero-order chi connectivity index (χ0) is 17.9. The first-order valence-electron chi connectivity index (χ1n) is 8.16. The highest BCUT2D eigenvalue weighted by molar-refractivity contribution is 5.95. The minimum absolute atomic E-state index is 0.0522. The first-order chi connectivity index (χ1) is 12.7. The molecule has 9 heteroatoms. The zero-order valence-corrected chi connectivity index (χ0v) is 13.9. The number of aromatic nitrogens is 4. The Morgan fingerprint density at radius 2 is 1.54 bits per heavy atom. The molecular weight excluding hydrogens is 336 g/mol. The molecule has 0 radical (unpaired) electrons. The summed E-state index contributed by atoms with van der Waals surface area (Å²) in [5.41, 5.74) is 1.90. The fourth-order valence-corrected chi connectivity index (χ4v) is 2.90. The molecule has 1 fully saturated rings. The van der Waals surface area contributed by atoms with Crippen molar-refractivity contribution in [3.63, 3.8) is 0 Å². The van der Waals surface area contributed by atoms with Crippen LogP contribution in [-0.2, 0) is 0 Å². The molecule has 26 heavy (non-hydrogen) atoms. The lowest BCUT2D eigenvalue weighted by atomic mass is 10.1. The van der Waals surface area contributed by atoms with E-state index in [4.69, 9.17) is 4.42 Å². The van der Waals surface area contributed by atoms with Crippen molar-refractivity contribution >= 4 is 11.8 Å². The number of tetrazole rings is 1. The molecule has 1 aliphatic rings. The molecule has 1 saturated heterocycles. The van der Waals surface area contributed by atoms with Crippen LogP contribution in [0.5, 0.6) is 0 Å². The number of hydrogen-bond acceptors (Lipinski definition) is 6. The van der Waals surface area contributed by atoms with Gasteiger partial charge in [0.2, 0.25) is 0 Å². The molecule has 9 nitrogen and oxygen atoms in total. The van der Waals surface area contributed by atoms with Crippen molar-refractivity contribution in [1.29, 1.82) is 0 Å². The van der Waals surface area contributed by atoms with Gasteiger partial charge in [0.25, 0.3) is 11.8 Å². The Labute approximate surface area is 148 Å². The highest BCUT2D eigenvalue weighted by Crippen LogP contribution is 2.14. The third-order valence-electron chi connectivity index (χ3n) is 4.35. The summed E-state index contributed by atoms with van der Waals surface area (Å²) in [4.78, 5) is 28.5. The Morgan fingerprint density at radius 1 is 0.885 bits per heavy atom. The fraction of sp³-hybridized carbons (Fsp3) is 0.235. The second-order valence-electron chi connectivity index (χ2n) is 5.90. The Balaban J connectivity index is 1.38. The number of hydrogen-bond donors (Lipinski definition) is 0. The summed E-state index contributed by atoms with van der Waals surface area (Å²) >= 11 is 0. The molecule has 132 valence electrons. The lowest BCUT2D eigenvalue weighted by Crippen LogP contribution is -2.50. The van der Waals surface area contributed by atoms with Crippen LogP contribution in [0, 0.1) is 0 Å². The number of nitrogens with zero attached hydrogens (tertiary/aromatic N) is 6. The van der Waals surface area contributed by atoms with E-state index in [2.05, 4.69) is 15.5 Å².